The maximum absolute atomic E-state index is 14.0. The largest absolute Gasteiger partial charge is 0.508 e. The molecule has 0 spiro atoms. The molecule has 0 saturated heterocycles. The molecule has 0 saturated carbocycles. The van der Waals surface area contributed by atoms with Crippen molar-refractivity contribution < 1.29 is 24.2 Å². The molecule has 204 valence electrons. The van der Waals surface area contributed by atoms with Gasteiger partial charge in [-0.2, -0.15) is 11.8 Å². The molecule has 8 nitrogen and oxygen atoms in total. The zero-order chi connectivity index (χ0) is 27.3. The Balaban J connectivity index is 3.43. The number of thioether (sulfide) groups is 1. The van der Waals surface area contributed by atoms with Gasteiger partial charge in [0.1, 0.15) is 23.4 Å². The lowest BCUT2D eigenvalue weighted by Gasteiger charge is -2.35. The maximum Gasteiger partial charge on any atom is 0.408 e. The number of carbonyl (C=O) groups excluding carboxylic acids is 3. The number of nitrogens with one attached hydrogen (secondary N) is 2. The number of benzene rings is 1. The molecule has 0 aromatic heterocycles. The minimum absolute atomic E-state index is 0.0130. The third-order valence-electron chi connectivity index (χ3n) is 5.31. The van der Waals surface area contributed by atoms with Gasteiger partial charge in [0.25, 0.3) is 0 Å². The number of hydrogen-bond acceptors (Lipinski definition) is 6. The molecule has 3 N–H and O–H groups in total. The summed E-state index contributed by atoms with van der Waals surface area (Å²) in [6.07, 6.45) is 5.33. The van der Waals surface area contributed by atoms with Gasteiger partial charge in [-0.15, -0.1) is 0 Å². The zero-order valence-corrected chi connectivity index (χ0v) is 23.7. The van der Waals surface area contributed by atoms with Gasteiger partial charge in [-0.1, -0.05) is 38.3 Å². The Labute approximate surface area is 220 Å². The fraction of sp³-hybridized carbons (Fsp3) is 0.667. The second-order valence-electron chi connectivity index (χ2n) is 10.2. The summed E-state index contributed by atoms with van der Waals surface area (Å²) in [4.78, 5) is 41.6. The fourth-order valence-corrected chi connectivity index (χ4v) is 4.22. The molecule has 1 aromatic carbocycles. The van der Waals surface area contributed by atoms with Crippen LogP contribution in [0.4, 0.5) is 4.79 Å². The van der Waals surface area contributed by atoms with E-state index in [0.29, 0.717) is 30.7 Å². The Bertz CT molecular complexity index is 841. The van der Waals surface area contributed by atoms with Crippen molar-refractivity contribution in [2.24, 2.45) is 0 Å². The summed E-state index contributed by atoms with van der Waals surface area (Å²) in [6.45, 7) is 11.5. The first-order valence-electron chi connectivity index (χ1n) is 12.8. The van der Waals surface area contributed by atoms with E-state index in [1.54, 1.807) is 49.6 Å². The summed E-state index contributed by atoms with van der Waals surface area (Å²) in [7, 11) is 0. The van der Waals surface area contributed by atoms with E-state index in [1.165, 1.54) is 12.1 Å². The van der Waals surface area contributed by atoms with Crippen LogP contribution >= 0.6 is 11.8 Å². The fourth-order valence-electron chi connectivity index (χ4n) is 3.75. The average Bonchev–Trinajstić information content (AvgIpc) is 2.76. The van der Waals surface area contributed by atoms with Gasteiger partial charge in [0.2, 0.25) is 11.8 Å². The van der Waals surface area contributed by atoms with Crippen LogP contribution in [0.25, 0.3) is 0 Å². The molecule has 36 heavy (non-hydrogen) atoms. The van der Waals surface area contributed by atoms with E-state index >= 15 is 0 Å². The van der Waals surface area contributed by atoms with Crippen LogP contribution in [0.3, 0.4) is 0 Å². The highest BCUT2D eigenvalue weighted by Gasteiger charge is 2.36. The number of nitrogens with zero attached hydrogens (tertiary/aromatic N) is 1. The van der Waals surface area contributed by atoms with Gasteiger partial charge >= 0.3 is 6.09 Å². The lowest BCUT2D eigenvalue weighted by Crippen LogP contribution is -2.53. The predicted octanol–water partition coefficient (Wildman–Crippen LogP) is 5.01. The van der Waals surface area contributed by atoms with E-state index in [-0.39, 0.29) is 23.6 Å². The number of carbonyl (C=O) groups is 3. The van der Waals surface area contributed by atoms with Crippen molar-refractivity contribution >= 4 is 29.7 Å². The van der Waals surface area contributed by atoms with Gasteiger partial charge in [0.05, 0.1) is 0 Å². The molecular weight excluding hydrogens is 478 g/mol. The standard InChI is InChI=1S/C27H45N3O5S/c1-8-9-10-11-16-30(23(24(32)28-19(2)3)20-13-12-14-21(31)18-20)25(33)22(15-17-36-7)29-26(34)35-27(4,5)6/h12-14,18-19,22-23,31H,8-11,15-17H2,1-7H3,(H,28,32)(H,29,34). The van der Waals surface area contributed by atoms with Crippen molar-refractivity contribution in [3.05, 3.63) is 29.8 Å². The number of rotatable bonds is 14. The number of aromatic hydroxyl groups is 1. The van der Waals surface area contributed by atoms with Crippen molar-refractivity contribution in [1.82, 2.24) is 15.5 Å². The van der Waals surface area contributed by atoms with Gasteiger partial charge < -0.3 is 25.4 Å². The first-order valence-corrected chi connectivity index (χ1v) is 14.2. The van der Waals surface area contributed by atoms with Gasteiger partial charge in [-0.3, -0.25) is 9.59 Å². The Morgan fingerprint density at radius 3 is 2.36 bits per heavy atom. The van der Waals surface area contributed by atoms with Crippen molar-refractivity contribution in [3.63, 3.8) is 0 Å². The van der Waals surface area contributed by atoms with Crippen LogP contribution in [0.5, 0.6) is 5.75 Å². The molecular formula is C27H45N3O5S. The van der Waals surface area contributed by atoms with Crippen molar-refractivity contribution in [2.45, 2.75) is 97.4 Å². The Hall–Kier alpha value is -2.42. The summed E-state index contributed by atoms with van der Waals surface area (Å²) in [6, 6.07) is 4.48. The number of amides is 3. The zero-order valence-electron chi connectivity index (χ0n) is 22.9. The van der Waals surface area contributed by atoms with Gasteiger partial charge in [0.15, 0.2) is 0 Å². The van der Waals surface area contributed by atoms with E-state index in [2.05, 4.69) is 17.6 Å². The van der Waals surface area contributed by atoms with E-state index in [1.807, 2.05) is 20.1 Å². The van der Waals surface area contributed by atoms with Crippen LogP contribution in [0.15, 0.2) is 24.3 Å². The molecule has 0 bridgehead atoms. The molecule has 0 fully saturated rings. The normalized spacial score (nSPS) is 13.1. The van der Waals surface area contributed by atoms with Crippen molar-refractivity contribution in [1.29, 1.82) is 0 Å². The summed E-state index contributed by atoms with van der Waals surface area (Å²) in [5.74, 6) is -0.0248. The predicted molar refractivity (Wildman–Crippen MR) is 146 cm³/mol. The minimum Gasteiger partial charge on any atom is -0.508 e. The number of hydrogen-bond donors (Lipinski definition) is 3. The number of phenols is 1. The number of phenolic OH excluding ortho intramolecular Hbond substituents is 1. The van der Waals surface area contributed by atoms with Crippen LogP contribution < -0.4 is 10.6 Å². The van der Waals surface area contributed by atoms with Gasteiger partial charge in [0, 0.05) is 12.6 Å². The summed E-state index contributed by atoms with van der Waals surface area (Å²) < 4.78 is 5.41. The summed E-state index contributed by atoms with van der Waals surface area (Å²) >= 11 is 1.57. The average molecular weight is 524 g/mol. The molecule has 0 aliphatic heterocycles. The maximum atomic E-state index is 14.0. The van der Waals surface area contributed by atoms with E-state index < -0.39 is 23.8 Å². The molecule has 0 aliphatic rings. The molecule has 0 aliphatic carbocycles. The van der Waals surface area contributed by atoms with Crippen molar-refractivity contribution in [2.75, 3.05) is 18.6 Å². The van der Waals surface area contributed by atoms with E-state index in [9.17, 15) is 19.5 Å². The molecule has 1 aromatic rings. The van der Waals surface area contributed by atoms with E-state index in [4.69, 9.17) is 4.74 Å². The lowest BCUT2D eigenvalue weighted by atomic mass is 10.0. The Kier molecular flexibility index (Phi) is 13.7. The number of unbranched alkanes of at least 4 members (excludes halogenated alkanes) is 3. The highest BCUT2D eigenvalue weighted by atomic mass is 32.2. The van der Waals surface area contributed by atoms with Gasteiger partial charge in [-0.05, 0) is 77.2 Å². The quantitative estimate of drug-likeness (QED) is 0.296. The van der Waals surface area contributed by atoms with Crippen LogP contribution in [0.2, 0.25) is 0 Å². The van der Waals surface area contributed by atoms with Crippen LogP contribution in [0, 0.1) is 0 Å². The van der Waals surface area contributed by atoms with E-state index in [0.717, 1.165) is 19.3 Å². The monoisotopic (exact) mass is 523 g/mol. The molecule has 3 amide bonds. The third kappa shape index (κ3) is 11.5. The smallest absolute Gasteiger partial charge is 0.408 e. The second-order valence-corrected chi connectivity index (χ2v) is 11.2. The molecule has 0 radical (unpaired) electrons. The molecule has 2 unspecified atom stereocenters. The number of alkyl carbamates (subject to hydrolysis) is 1. The lowest BCUT2D eigenvalue weighted by molar-refractivity contribution is -0.142. The van der Waals surface area contributed by atoms with Crippen molar-refractivity contribution in [3.8, 4) is 5.75 Å². The Morgan fingerprint density at radius 2 is 1.81 bits per heavy atom. The second kappa shape index (κ2) is 15.6. The highest BCUT2D eigenvalue weighted by Crippen LogP contribution is 2.27. The Morgan fingerprint density at radius 1 is 1.11 bits per heavy atom. The molecule has 9 heteroatoms. The first-order chi connectivity index (χ1) is 16.9. The number of ether oxygens (including phenoxy) is 1. The molecule has 2 atom stereocenters. The molecule has 1 rings (SSSR count). The summed E-state index contributed by atoms with van der Waals surface area (Å²) in [5, 5.41) is 15.8. The first kappa shape index (κ1) is 31.6. The SMILES string of the molecule is CCCCCCN(C(=O)C(CCSC)NC(=O)OC(C)(C)C)C(C(=O)NC(C)C)c1cccc(O)c1. The van der Waals surface area contributed by atoms with Crippen LogP contribution in [0.1, 0.15) is 85.3 Å². The van der Waals surface area contributed by atoms with Gasteiger partial charge in [-0.25, -0.2) is 4.79 Å². The third-order valence-corrected chi connectivity index (χ3v) is 5.96. The highest BCUT2D eigenvalue weighted by molar-refractivity contribution is 7.98. The topological polar surface area (TPSA) is 108 Å². The minimum atomic E-state index is -0.953. The van der Waals surface area contributed by atoms with Crippen LogP contribution in [-0.4, -0.2) is 64.2 Å². The van der Waals surface area contributed by atoms with Crippen LogP contribution in [-0.2, 0) is 14.3 Å². The molecule has 0 heterocycles. The summed E-state index contributed by atoms with van der Waals surface area (Å²) in [5.41, 5.74) is -0.198.